The Morgan fingerprint density at radius 3 is 2.24 bits per heavy atom. The van der Waals surface area contributed by atoms with E-state index in [1.54, 1.807) is 19.5 Å². The van der Waals surface area contributed by atoms with Crippen molar-refractivity contribution in [2.75, 3.05) is 19.8 Å². The van der Waals surface area contributed by atoms with Gasteiger partial charge in [-0.05, 0) is 17.7 Å². The third kappa shape index (κ3) is 3.02. The molecule has 0 unspecified atom stereocenters. The Labute approximate surface area is 123 Å². The largest absolute Gasteiger partial charge is 0.416 e. The van der Waals surface area contributed by atoms with Crippen LogP contribution in [0.4, 0.5) is 18.2 Å². The van der Waals surface area contributed by atoms with E-state index in [4.69, 9.17) is 5.73 Å². The van der Waals surface area contributed by atoms with Crippen molar-refractivity contribution >= 4 is 22.2 Å². The molecule has 0 aliphatic rings. The summed E-state index contributed by atoms with van der Waals surface area (Å²) in [5.74, 6) is -0.274. The maximum absolute atomic E-state index is 12.6. The maximum atomic E-state index is 12.6. The van der Waals surface area contributed by atoms with Gasteiger partial charge in [0.1, 0.15) is 0 Å². The molecule has 2 rings (SSSR count). The normalized spacial score (nSPS) is 11.5. The molecule has 2 aromatic rings. The van der Waals surface area contributed by atoms with E-state index >= 15 is 0 Å². The molecule has 0 saturated heterocycles. The summed E-state index contributed by atoms with van der Waals surface area (Å²) in [6.07, 6.45) is -4.38. The molecule has 1 heterocycles. The number of anilines is 1. The Balaban J connectivity index is 2.46. The van der Waals surface area contributed by atoms with Crippen molar-refractivity contribution in [2.24, 2.45) is 0 Å². The van der Waals surface area contributed by atoms with Gasteiger partial charge < -0.3 is 10.6 Å². The van der Waals surface area contributed by atoms with Crippen molar-refractivity contribution in [3.63, 3.8) is 0 Å². The fraction of sp³-hybridized carbons (Fsp3) is 0.214. The number of alkyl halides is 3. The van der Waals surface area contributed by atoms with Gasteiger partial charge in [-0.1, -0.05) is 12.1 Å². The number of benzene rings is 1. The van der Waals surface area contributed by atoms with Gasteiger partial charge >= 0.3 is 6.18 Å². The number of amides is 1. The first-order chi connectivity index (χ1) is 9.71. The van der Waals surface area contributed by atoms with Gasteiger partial charge in [-0.3, -0.25) is 4.79 Å². The van der Waals surface area contributed by atoms with E-state index in [0.717, 1.165) is 12.1 Å². The second-order valence-electron chi connectivity index (χ2n) is 4.66. The minimum Gasteiger partial charge on any atom is -0.390 e. The van der Waals surface area contributed by atoms with Crippen LogP contribution in [0.5, 0.6) is 0 Å². The number of hydrogen-bond donors (Lipinski definition) is 1. The predicted molar refractivity (Wildman–Crippen MR) is 77.2 cm³/mol. The first-order valence-electron chi connectivity index (χ1n) is 5.98. The average molecular weight is 314 g/mol. The van der Waals surface area contributed by atoms with Crippen molar-refractivity contribution < 1.29 is 18.0 Å². The first kappa shape index (κ1) is 15.4. The third-order valence-corrected chi connectivity index (χ3v) is 3.77. The molecule has 3 nitrogen and oxygen atoms in total. The summed E-state index contributed by atoms with van der Waals surface area (Å²) in [6.45, 7) is 0. The molecule has 0 aliphatic carbocycles. The number of halogens is 3. The van der Waals surface area contributed by atoms with Crippen molar-refractivity contribution in [2.45, 2.75) is 6.18 Å². The standard InChI is InChI=1S/C14H13F3N2OS/c1-19(2)13(20)11-10(7-21-12(11)18)8-3-5-9(6-4-8)14(15,16)17/h3-7H,18H2,1-2H3. The van der Waals surface area contributed by atoms with Crippen molar-refractivity contribution in [1.82, 2.24) is 4.90 Å². The Hall–Kier alpha value is -2.02. The second-order valence-corrected chi connectivity index (χ2v) is 5.57. The van der Waals surface area contributed by atoms with Crippen molar-refractivity contribution in [3.8, 4) is 11.1 Å². The van der Waals surface area contributed by atoms with Crippen LogP contribution in [0.3, 0.4) is 0 Å². The lowest BCUT2D eigenvalue weighted by Crippen LogP contribution is -2.22. The highest BCUT2D eigenvalue weighted by atomic mass is 32.1. The summed E-state index contributed by atoms with van der Waals surface area (Å²) >= 11 is 1.19. The number of hydrogen-bond acceptors (Lipinski definition) is 3. The molecule has 0 aliphatic heterocycles. The summed E-state index contributed by atoms with van der Waals surface area (Å²) in [7, 11) is 3.19. The van der Waals surface area contributed by atoms with E-state index in [1.807, 2.05) is 0 Å². The van der Waals surface area contributed by atoms with E-state index in [9.17, 15) is 18.0 Å². The van der Waals surface area contributed by atoms with Gasteiger partial charge in [-0.25, -0.2) is 0 Å². The minimum atomic E-state index is -4.38. The van der Waals surface area contributed by atoms with Crippen molar-refractivity contribution in [3.05, 3.63) is 40.8 Å². The first-order valence-corrected chi connectivity index (χ1v) is 6.86. The smallest absolute Gasteiger partial charge is 0.390 e. The monoisotopic (exact) mass is 314 g/mol. The fourth-order valence-electron chi connectivity index (χ4n) is 1.87. The van der Waals surface area contributed by atoms with Gasteiger partial charge in [0, 0.05) is 25.0 Å². The Morgan fingerprint density at radius 2 is 1.76 bits per heavy atom. The molecule has 0 fully saturated rings. The zero-order valence-electron chi connectivity index (χ0n) is 11.4. The highest BCUT2D eigenvalue weighted by Crippen LogP contribution is 2.36. The van der Waals surface area contributed by atoms with E-state index in [2.05, 4.69) is 0 Å². The van der Waals surface area contributed by atoms with Crippen LogP contribution in [0.25, 0.3) is 11.1 Å². The molecule has 1 aromatic carbocycles. The van der Waals surface area contributed by atoms with Crippen LogP contribution in [0, 0.1) is 0 Å². The molecule has 7 heteroatoms. The Kier molecular flexibility index (Phi) is 3.95. The number of carbonyl (C=O) groups excluding carboxylic acids is 1. The molecule has 1 amide bonds. The lowest BCUT2D eigenvalue weighted by Gasteiger charge is -2.12. The predicted octanol–water partition coefficient (Wildman–Crippen LogP) is 3.72. The molecule has 21 heavy (non-hydrogen) atoms. The number of nitrogen functional groups attached to an aromatic ring is 1. The van der Waals surface area contributed by atoms with Gasteiger partial charge in [0.25, 0.3) is 5.91 Å². The number of carbonyl (C=O) groups is 1. The molecule has 0 bridgehead atoms. The molecular weight excluding hydrogens is 301 g/mol. The molecule has 2 N–H and O–H groups in total. The lowest BCUT2D eigenvalue weighted by atomic mass is 10.0. The molecule has 0 spiro atoms. The van der Waals surface area contributed by atoms with E-state index in [-0.39, 0.29) is 5.91 Å². The van der Waals surface area contributed by atoms with E-state index < -0.39 is 11.7 Å². The molecular formula is C14H13F3N2OS. The van der Waals surface area contributed by atoms with Gasteiger partial charge in [0.15, 0.2) is 0 Å². The van der Waals surface area contributed by atoms with Gasteiger partial charge in [-0.2, -0.15) is 13.2 Å². The summed E-state index contributed by atoms with van der Waals surface area (Å²) < 4.78 is 37.7. The van der Waals surface area contributed by atoms with Gasteiger partial charge in [0.2, 0.25) is 0 Å². The van der Waals surface area contributed by atoms with Gasteiger partial charge in [0.05, 0.1) is 16.1 Å². The molecule has 112 valence electrons. The SMILES string of the molecule is CN(C)C(=O)c1c(-c2ccc(C(F)(F)F)cc2)csc1N. The summed E-state index contributed by atoms with van der Waals surface area (Å²) in [5.41, 5.74) is 6.48. The highest BCUT2D eigenvalue weighted by molar-refractivity contribution is 7.15. The quantitative estimate of drug-likeness (QED) is 0.918. The lowest BCUT2D eigenvalue weighted by molar-refractivity contribution is -0.137. The van der Waals surface area contributed by atoms with Gasteiger partial charge in [-0.15, -0.1) is 11.3 Å². The topological polar surface area (TPSA) is 46.3 Å². The third-order valence-electron chi connectivity index (χ3n) is 2.96. The molecule has 0 saturated carbocycles. The van der Waals surface area contributed by atoms with Crippen molar-refractivity contribution in [1.29, 1.82) is 0 Å². The number of thiophene rings is 1. The number of nitrogens with zero attached hydrogens (tertiary/aromatic N) is 1. The Bertz CT molecular complexity index is 660. The minimum absolute atomic E-state index is 0.274. The van der Waals surface area contributed by atoms with E-state index in [1.165, 1.54) is 28.4 Å². The molecule has 0 atom stereocenters. The Morgan fingerprint density at radius 1 is 1.19 bits per heavy atom. The van der Waals surface area contributed by atoms with Crippen LogP contribution < -0.4 is 5.73 Å². The number of nitrogens with two attached hydrogens (primary N) is 1. The zero-order valence-corrected chi connectivity index (χ0v) is 12.2. The second kappa shape index (κ2) is 5.40. The van der Waals surface area contributed by atoms with Crippen LogP contribution in [0.2, 0.25) is 0 Å². The number of rotatable bonds is 2. The van der Waals surface area contributed by atoms with Crippen LogP contribution in [-0.2, 0) is 6.18 Å². The van der Waals surface area contributed by atoms with Crippen LogP contribution in [-0.4, -0.2) is 24.9 Å². The summed E-state index contributed by atoms with van der Waals surface area (Å²) in [5, 5.41) is 2.03. The average Bonchev–Trinajstić information content (AvgIpc) is 2.78. The zero-order chi connectivity index (χ0) is 15.8. The van der Waals surface area contributed by atoms with Crippen LogP contribution >= 0.6 is 11.3 Å². The summed E-state index contributed by atoms with van der Waals surface area (Å²) in [6, 6.07) is 4.67. The summed E-state index contributed by atoms with van der Waals surface area (Å²) in [4.78, 5) is 13.5. The van der Waals surface area contributed by atoms with Crippen LogP contribution in [0.15, 0.2) is 29.6 Å². The molecule has 1 aromatic heterocycles. The van der Waals surface area contributed by atoms with Crippen LogP contribution in [0.1, 0.15) is 15.9 Å². The maximum Gasteiger partial charge on any atom is 0.416 e. The van der Waals surface area contributed by atoms with E-state index in [0.29, 0.717) is 21.7 Å². The fourth-order valence-corrected chi connectivity index (χ4v) is 2.68. The molecule has 0 radical (unpaired) electrons. The highest BCUT2D eigenvalue weighted by Gasteiger charge is 2.30.